The minimum absolute atomic E-state index is 0.0206. The van der Waals surface area contributed by atoms with Crippen LogP contribution in [-0.4, -0.2) is 61.5 Å². The van der Waals surface area contributed by atoms with Gasteiger partial charge >= 0.3 is 5.97 Å². The number of esters is 1. The van der Waals surface area contributed by atoms with Crippen LogP contribution in [0.2, 0.25) is 10.0 Å². The minimum Gasteiger partial charge on any atom is -0.465 e. The zero-order chi connectivity index (χ0) is 25.5. The molecule has 0 aliphatic carbocycles. The summed E-state index contributed by atoms with van der Waals surface area (Å²) in [5, 5.41) is 1.29. The van der Waals surface area contributed by atoms with Gasteiger partial charge in [0.15, 0.2) is 0 Å². The van der Waals surface area contributed by atoms with Gasteiger partial charge in [0.2, 0.25) is 0 Å². The Kier molecular flexibility index (Phi) is 8.99. The molecule has 3 aromatic carbocycles. The highest BCUT2D eigenvalue weighted by Crippen LogP contribution is 2.24. The van der Waals surface area contributed by atoms with Gasteiger partial charge in [0.25, 0.3) is 5.91 Å². The van der Waals surface area contributed by atoms with Gasteiger partial charge in [-0.05, 0) is 59.7 Å². The number of halogens is 2. The summed E-state index contributed by atoms with van der Waals surface area (Å²) in [4.78, 5) is 28.7. The van der Waals surface area contributed by atoms with Crippen LogP contribution in [0.15, 0.2) is 72.8 Å². The quantitative estimate of drug-likeness (QED) is 0.363. The van der Waals surface area contributed by atoms with Crippen LogP contribution >= 0.6 is 23.2 Å². The topological polar surface area (TPSA) is 59.1 Å². The number of hydrogen-bond acceptors (Lipinski definition) is 5. The molecule has 1 fully saturated rings. The highest BCUT2D eigenvalue weighted by atomic mass is 35.5. The molecule has 188 valence electrons. The third kappa shape index (κ3) is 6.86. The number of carbonyl (C=O) groups excluding carboxylic acids is 2. The van der Waals surface area contributed by atoms with Crippen molar-refractivity contribution < 1.29 is 19.1 Å². The first-order valence-corrected chi connectivity index (χ1v) is 12.5. The van der Waals surface area contributed by atoms with E-state index in [1.807, 2.05) is 41.3 Å². The standard InChI is InChI=1S/C28H28Cl2N2O4/c1-35-28(34)23-4-2-20(3-5-23)19-36-26(21-6-10-24(29)11-7-21)18-31-14-16-32(17-15-31)27(33)22-8-12-25(30)13-9-22/h2-13,26H,14-19H2,1H3. The van der Waals surface area contributed by atoms with Crippen molar-refractivity contribution in [3.8, 4) is 0 Å². The van der Waals surface area contributed by atoms with Crippen molar-refractivity contribution in [1.29, 1.82) is 0 Å². The molecule has 0 spiro atoms. The van der Waals surface area contributed by atoms with Crippen LogP contribution in [-0.2, 0) is 16.1 Å². The molecule has 1 atom stereocenters. The molecular weight excluding hydrogens is 499 g/mol. The highest BCUT2D eigenvalue weighted by molar-refractivity contribution is 6.30. The van der Waals surface area contributed by atoms with E-state index >= 15 is 0 Å². The van der Waals surface area contributed by atoms with E-state index in [0.29, 0.717) is 47.4 Å². The monoisotopic (exact) mass is 526 g/mol. The fourth-order valence-corrected chi connectivity index (χ4v) is 4.38. The Balaban J connectivity index is 1.37. The van der Waals surface area contributed by atoms with Gasteiger partial charge in [-0.2, -0.15) is 0 Å². The number of rotatable bonds is 8. The SMILES string of the molecule is COC(=O)c1ccc(COC(CN2CCN(C(=O)c3ccc(Cl)cc3)CC2)c2ccc(Cl)cc2)cc1. The largest absolute Gasteiger partial charge is 0.465 e. The number of nitrogens with zero attached hydrogens (tertiary/aromatic N) is 2. The molecule has 1 aliphatic rings. The lowest BCUT2D eigenvalue weighted by atomic mass is 10.1. The van der Waals surface area contributed by atoms with Gasteiger partial charge in [-0.25, -0.2) is 4.79 Å². The highest BCUT2D eigenvalue weighted by Gasteiger charge is 2.25. The van der Waals surface area contributed by atoms with E-state index in [2.05, 4.69) is 4.90 Å². The zero-order valence-electron chi connectivity index (χ0n) is 20.0. The van der Waals surface area contributed by atoms with Gasteiger partial charge in [0, 0.05) is 48.3 Å². The first-order valence-electron chi connectivity index (χ1n) is 11.7. The lowest BCUT2D eigenvalue weighted by Crippen LogP contribution is -2.49. The Morgan fingerprint density at radius 2 is 1.36 bits per heavy atom. The Hall–Kier alpha value is -2.90. The van der Waals surface area contributed by atoms with E-state index in [9.17, 15) is 9.59 Å². The van der Waals surface area contributed by atoms with Gasteiger partial charge in [0.05, 0.1) is 25.4 Å². The van der Waals surface area contributed by atoms with Crippen molar-refractivity contribution in [3.05, 3.63) is 105 Å². The number of hydrogen-bond donors (Lipinski definition) is 0. The van der Waals surface area contributed by atoms with E-state index in [-0.39, 0.29) is 18.0 Å². The molecule has 1 saturated heterocycles. The van der Waals surface area contributed by atoms with Crippen molar-refractivity contribution in [2.45, 2.75) is 12.7 Å². The fraction of sp³-hybridized carbons (Fsp3) is 0.286. The van der Waals surface area contributed by atoms with Crippen LogP contribution in [0, 0.1) is 0 Å². The molecule has 0 N–H and O–H groups in total. The predicted octanol–water partition coefficient (Wildman–Crippen LogP) is 5.50. The minimum atomic E-state index is -0.366. The molecule has 4 rings (SSSR count). The summed E-state index contributed by atoms with van der Waals surface area (Å²) < 4.78 is 11.1. The molecule has 0 bridgehead atoms. The number of benzene rings is 3. The Bertz CT molecular complexity index is 1160. The van der Waals surface area contributed by atoms with Crippen LogP contribution in [0.4, 0.5) is 0 Å². The van der Waals surface area contributed by atoms with Gasteiger partial charge in [-0.3, -0.25) is 9.69 Å². The number of amides is 1. The second kappa shape index (κ2) is 12.4. The number of methoxy groups -OCH3 is 1. The van der Waals surface area contributed by atoms with E-state index in [4.69, 9.17) is 32.7 Å². The third-order valence-electron chi connectivity index (χ3n) is 6.24. The van der Waals surface area contributed by atoms with Gasteiger partial charge in [-0.1, -0.05) is 47.5 Å². The summed E-state index contributed by atoms with van der Waals surface area (Å²) in [5.74, 6) is -0.345. The Morgan fingerprint density at radius 3 is 1.94 bits per heavy atom. The molecule has 3 aromatic rings. The van der Waals surface area contributed by atoms with E-state index in [1.165, 1.54) is 7.11 Å². The maximum atomic E-state index is 12.8. The van der Waals surface area contributed by atoms with Crippen LogP contribution in [0.1, 0.15) is 37.9 Å². The first-order chi connectivity index (χ1) is 17.4. The van der Waals surface area contributed by atoms with E-state index in [0.717, 1.165) is 24.2 Å². The maximum absolute atomic E-state index is 12.8. The third-order valence-corrected chi connectivity index (χ3v) is 6.75. The van der Waals surface area contributed by atoms with Crippen LogP contribution in [0.25, 0.3) is 0 Å². The molecule has 0 saturated carbocycles. The smallest absolute Gasteiger partial charge is 0.337 e. The Labute approximate surface area is 221 Å². The fourth-order valence-electron chi connectivity index (χ4n) is 4.13. The maximum Gasteiger partial charge on any atom is 0.337 e. The normalized spacial score (nSPS) is 14.9. The van der Waals surface area contributed by atoms with Crippen molar-refractivity contribution >= 4 is 35.1 Å². The average molecular weight is 527 g/mol. The molecule has 6 nitrogen and oxygen atoms in total. The van der Waals surface area contributed by atoms with Crippen LogP contribution in [0.3, 0.4) is 0 Å². The van der Waals surface area contributed by atoms with E-state index in [1.54, 1.807) is 36.4 Å². The molecular formula is C28H28Cl2N2O4. The molecule has 0 radical (unpaired) electrons. The number of carbonyl (C=O) groups is 2. The molecule has 1 heterocycles. The summed E-state index contributed by atoms with van der Waals surface area (Å²) >= 11 is 12.1. The Morgan fingerprint density at radius 1 is 0.806 bits per heavy atom. The van der Waals surface area contributed by atoms with Gasteiger partial charge in [-0.15, -0.1) is 0 Å². The molecule has 1 unspecified atom stereocenters. The second-order valence-corrected chi connectivity index (χ2v) is 9.51. The summed E-state index contributed by atoms with van der Waals surface area (Å²) in [5.41, 5.74) is 3.14. The van der Waals surface area contributed by atoms with Gasteiger partial charge < -0.3 is 14.4 Å². The summed E-state index contributed by atoms with van der Waals surface area (Å²) in [6, 6.07) is 21.9. The number of ether oxygens (including phenoxy) is 2. The molecule has 8 heteroatoms. The van der Waals surface area contributed by atoms with Crippen molar-refractivity contribution in [1.82, 2.24) is 9.80 Å². The lowest BCUT2D eigenvalue weighted by molar-refractivity contribution is 0.00341. The van der Waals surface area contributed by atoms with Crippen molar-refractivity contribution in [2.75, 3.05) is 39.8 Å². The van der Waals surface area contributed by atoms with Crippen LogP contribution in [0.5, 0.6) is 0 Å². The van der Waals surface area contributed by atoms with Crippen LogP contribution < -0.4 is 0 Å². The average Bonchev–Trinajstić information content (AvgIpc) is 2.92. The second-order valence-electron chi connectivity index (χ2n) is 8.64. The van der Waals surface area contributed by atoms with Crippen molar-refractivity contribution in [2.24, 2.45) is 0 Å². The number of piperazine rings is 1. The molecule has 36 heavy (non-hydrogen) atoms. The zero-order valence-corrected chi connectivity index (χ0v) is 21.5. The molecule has 1 amide bonds. The summed E-state index contributed by atoms with van der Waals surface area (Å²) in [6.07, 6.45) is -0.180. The first kappa shape index (κ1) is 26.2. The van der Waals surface area contributed by atoms with Gasteiger partial charge in [0.1, 0.15) is 0 Å². The predicted molar refractivity (Wildman–Crippen MR) is 141 cm³/mol. The van der Waals surface area contributed by atoms with E-state index < -0.39 is 0 Å². The molecule has 1 aliphatic heterocycles. The summed E-state index contributed by atoms with van der Waals surface area (Å²) in [7, 11) is 1.36. The molecule has 0 aromatic heterocycles. The van der Waals surface area contributed by atoms with Crippen molar-refractivity contribution in [3.63, 3.8) is 0 Å². The summed E-state index contributed by atoms with van der Waals surface area (Å²) in [6.45, 7) is 3.86. The lowest BCUT2D eigenvalue weighted by Gasteiger charge is -2.36.